The first-order chi connectivity index (χ1) is 7.13. The molecule has 5 heteroatoms. The summed E-state index contributed by atoms with van der Waals surface area (Å²) in [6.07, 6.45) is -0.213. The lowest BCUT2D eigenvalue weighted by Gasteiger charge is -2.04. The molecule has 0 aliphatic heterocycles. The second-order valence-corrected chi connectivity index (χ2v) is 3.76. The predicted octanol–water partition coefficient (Wildman–Crippen LogP) is 2.12. The van der Waals surface area contributed by atoms with E-state index in [0.29, 0.717) is 5.56 Å². The van der Waals surface area contributed by atoms with E-state index in [-0.39, 0.29) is 18.8 Å². The highest BCUT2D eigenvalue weighted by Crippen LogP contribution is 2.15. The third-order valence-corrected chi connectivity index (χ3v) is 2.22. The molecule has 1 aromatic rings. The minimum atomic E-state index is -0.406. The van der Waals surface area contributed by atoms with Crippen molar-refractivity contribution < 1.29 is 9.18 Å². The first kappa shape index (κ1) is 11.7. The molecule has 0 fully saturated rings. The van der Waals surface area contributed by atoms with Crippen molar-refractivity contribution in [1.29, 1.82) is 5.26 Å². The molecule has 1 aromatic carbocycles. The van der Waals surface area contributed by atoms with Crippen LogP contribution in [0.2, 0.25) is 0 Å². The number of halogens is 2. The van der Waals surface area contributed by atoms with Crippen molar-refractivity contribution in [2.45, 2.75) is 13.0 Å². The van der Waals surface area contributed by atoms with Gasteiger partial charge in [-0.15, -0.1) is 0 Å². The van der Waals surface area contributed by atoms with Crippen LogP contribution in [0, 0.1) is 17.1 Å². The second kappa shape index (κ2) is 5.47. The number of hydrogen-bond acceptors (Lipinski definition) is 2. The molecule has 0 unspecified atom stereocenters. The fourth-order valence-corrected chi connectivity index (χ4v) is 1.42. The van der Waals surface area contributed by atoms with Gasteiger partial charge in [0.2, 0.25) is 5.91 Å². The van der Waals surface area contributed by atoms with Gasteiger partial charge in [0.05, 0.1) is 6.07 Å². The van der Waals surface area contributed by atoms with Gasteiger partial charge in [-0.25, -0.2) is 4.39 Å². The lowest BCUT2D eigenvalue weighted by atomic mass is 10.2. The molecule has 1 N–H and O–H groups in total. The second-order valence-electron chi connectivity index (χ2n) is 2.85. The standard InChI is InChI=1S/C10H8BrFN2O/c11-8-1-2-9(12)7(5-8)6-14-10(15)3-4-13/h1-2,5H,3,6H2,(H,14,15). The van der Waals surface area contributed by atoms with Gasteiger partial charge in [0.15, 0.2) is 0 Å². The quantitative estimate of drug-likeness (QED) is 0.915. The number of hydrogen-bond donors (Lipinski definition) is 1. The van der Waals surface area contributed by atoms with Crippen LogP contribution in [0.4, 0.5) is 4.39 Å². The average Bonchev–Trinajstić information content (AvgIpc) is 2.20. The fraction of sp³-hybridized carbons (Fsp3) is 0.200. The van der Waals surface area contributed by atoms with Crippen molar-refractivity contribution in [3.8, 4) is 6.07 Å². The van der Waals surface area contributed by atoms with Crippen molar-refractivity contribution in [3.63, 3.8) is 0 Å². The van der Waals surface area contributed by atoms with Gasteiger partial charge in [0.1, 0.15) is 12.2 Å². The number of benzene rings is 1. The molecule has 78 valence electrons. The number of rotatable bonds is 3. The summed E-state index contributed by atoms with van der Waals surface area (Å²) in [5.41, 5.74) is 0.385. The zero-order chi connectivity index (χ0) is 11.3. The Balaban J connectivity index is 2.61. The summed E-state index contributed by atoms with van der Waals surface area (Å²) in [6.45, 7) is 0.0891. The van der Waals surface area contributed by atoms with Gasteiger partial charge in [0.25, 0.3) is 0 Å². The van der Waals surface area contributed by atoms with E-state index in [2.05, 4.69) is 21.2 Å². The van der Waals surface area contributed by atoms with Gasteiger partial charge < -0.3 is 5.32 Å². The lowest BCUT2D eigenvalue weighted by molar-refractivity contribution is -0.120. The number of nitrogens with one attached hydrogen (secondary N) is 1. The molecule has 0 saturated heterocycles. The number of carbonyl (C=O) groups is 1. The number of nitriles is 1. The topological polar surface area (TPSA) is 52.9 Å². The summed E-state index contributed by atoms with van der Waals surface area (Å²) < 4.78 is 13.9. The van der Waals surface area contributed by atoms with E-state index in [1.165, 1.54) is 6.07 Å². The Morgan fingerprint density at radius 1 is 1.60 bits per heavy atom. The predicted molar refractivity (Wildman–Crippen MR) is 56.2 cm³/mol. The van der Waals surface area contributed by atoms with Gasteiger partial charge in [0, 0.05) is 16.6 Å². The summed E-state index contributed by atoms with van der Waals surface area (Å²) in [4.78, 5) is 10.9. The number of amides is 1. The highest BCUT2D eigenvalue weighted by molar-refractivity contribution is 9.10. The van der Waals surface area contributed by atoms with Crippen LogP contribution in [0.15, 0.2) is 22.7 Å². The van der Waals surface area contributed by atoms with E-state index in [0.717, 1.165) is 4.47 Å². The molecule has 1 rings (SSSR count). The zero-order valence-corrected chi connectivity index (χ0v) is 9.34. The molecule has 0 aromatic heterocycles. The van der Waals surface area contributed by atoms with Crippen LogP contribution >= 0.6 is 15.9 Å². The zero-order valence-electron chi connectivity index (χ0n) is 7.76. The SMILES string of the molecule is N#CCC(=O)NCc1cc(Br)ccc1F. The van der Waals surface area contributed by atoms with Crippen LogP contribution in [0.1, 0.15) is 12.0 Å². The smallest absolute Gasteiger partial charge is 0.234 e. The molecule has 15 heavy (non-hydrogen) atoms. The van der Waals surface area contributed by atoms with E-state index in [1.807, 2.05) is 0 Å². The maximum atomic E-state index is 13.2. The molecular formula is C10H8BrFN2O. The van der Waals surface area contributed by atoms with Crippen LogP contribution in [0.25, 0.3) is 0 Å². The largest absolute Gasteiger partial charge is 0.351 e. The molecule has 0 radical (unpaired) electrons. The summed E-state index contributed by atoms with van der Waals surface area (Å²) in [5.74, 6) is -0.785. The lowest BCUT2D eigenvalue weighted by Crippen LogP contribution is -2.22. The average molecular weight is 271 g/mol. The molecule has 3 nitrogen and oxygen atoms in total. The van der Waals surface area contributed by atoms with Crippen LogP contribution in [0.5, 0.6) is 0 Å². The Bertz CT molecular complexity index is 414. The third kappa shape index (κ3) is 3.68. The number of carbonyl (C=O) groups excluding carboxylic acids is 1. The summed E-state index contributed by atoms with van der Waals surface area (Å²) >= 11 is 3.20. The van der Waals surface area contributed by atoms with Crippen molar-refractivity contribution in [2.75, 3.05) is 0 Å². The molecule has 0 atom stereocenters. The first-order valence-corrected chi connectivity index (χ1v) is 5.00. The Hall–Kier alpha value is -1.41. The van der Waals surface area contributed by atoms with E-state index in [4.69, 9.17) is 5.26 Å². The van der Waals surface area contributed by atoms with E-state index < -0.39 is 5.91 Å². The Labute approximate surface area is 95.0 Å². The van der Waals surface area contributed by atoms with Gasteiger partial charge >= 0.3 is 0 Å². The van der Waals surface area contributed by atoms with E-state index >= 15 is 0 Å². The monoisotopic (exact) mass is 270 g/mol. The maximum absolute atomic E-state index is 13.2. The highest BCUT2D eigenvalue weighted by atomic mass is 79.9. The normalized spacial score (nSPS) is 9.40. The molecule has 0 bridgehead atoms. The third-order valence-electron chi connectivity index (χ3n) is 1.72. The van der Waals surface area contributed by atoms with Gasteiger partial charge in [-0.05, 0) is 18.2 Å². The van der Waals surface area contributed by atoms with E-state index in [9.17, 15) is 9.18 Å². The van der Waals surface area contributed by atoms with Crippen LogP contribution in [0.3, 0.4) is 0 Å². The van der Waals surface area contributed by atoms with Gasteiger partial charge in [-0.2, -0.15) is 5.26 Å². The Morgan fingerprint density at radius 3 is 3.00 bits per heavy atom. The molecule has 0 aliphatic rings. The van der Waals surface area contributed by atoms with Crippen molar-refractivity contribution in [3.05, 3.63) is 34.1 Å². The minimum absolute atomic E-state index is 0.0891. The minimum Gasteiger partial charge on any atom is -0.351 e. The molecule has 0 aliphatic carbocycles. The fourth-order valence-electron chi connectivity index (χ4n) is 1.01. The Kier molecular flexibility index (Phi) is 4.25. The molecule has 0 saturated carbocycles. The Morgan fingerprint density at radius 2 is 2.33 bits per heavy atom. The first-order valence-electron chi connectivity index (χ1n) is 4.21. The summed E-state index contributed by atoms with van der Waals surface area (Å²) in [7, 11) is 0. The van der Waals surface area contributed by atoms with Crippen molar-refractivity contribution >= 4 is 21.8 Å². The molecule has 1 amide bonds. The van der Waals surface area contributed by atoms with Crippen molar-refractivity contribution in [1.82, 2.24) is 5.32 Å². The molecular weight excluding hydrogens is 263 g/mol. The molecule has 0 heterocycles. The van der Waals surface area contributed by atoms with Crippen LogP contribution < -0.4 is 5.32 Å². The van der Waals surface area contributed by atoms with Gasteiger partial charge in [-0.3, -0.25) is 4.79 Å². The number of nitrogens with zero attached hydrogens (tertiary/aromatic N) is 1. The van der Waals surface area contributed by atoms with Gasteiger partial charge in [-0.1, -0.05) is 15.9 Å². The van der Waals surface area contributed by atoms with Crippen LogP contribution in [-0.2, 0) is 11.3 Å². The molecule has 0 spiro atoms. The summed E-state index contributed by atoms with van der Waals surface area (Å²) in [5, 5.41) is 10.7. The van der Waals surface area contributed by atoms with Crippen molar-refractivity contribution in [2.24, 2.45) is 0 Å². The summed E-state index contributed by atoms with van der Waals surface area (Å²) in [6, 6.07) is 6.19. The highest BCUT2D eigenvalue weighted by Gasteiger charge is 2.04. The van der Waals surface area contributed by atoms with Crippen LogP contribution in [-0.4, -0.2) is 5.91 Å². The van der Waals surface area contributed by atoms with E-state index in [1.54, 1.807) is 18.2 Å². The maximum Gasteiger partial charge on any atom is 0.234 e.